The Morgan fingerprint density at radius 2 is 1.91 bits per heavy atom. The molecule has 2 aromatic heterocycles. The number of benzene rings is 1. The fourth-order valence-corrected chi connectivity index (χ4v) is 2.98. The first-order chi connectivity index (χ1) is 11.3. The zero-order chi connectivity index (χ0) is 15.6. The Labute approximate surface area is 134 Å². The molecule has 0 saturated carbocycles. The SMILES string of the molecule is Fc1ccc(-n2nc(-c3ccccn3)c3c2NCCCC3)cc1. The van der Waals surface area contributed by atoms with E-state index in [1.165, 1.54) is 17.7 Å². The maximum Gasteiger partial charge on any atom is 0.133 e. The number of nitrogens with zero attached hydrogens (tertiary/aromatic N) is 3. The molecule has 0 unspecified atom stereocenters. The Kier molecular flexibility index (Phi) is 3.54. The summed E-state index contributed by atoms with van der Waals surface area (Å²) in [5.41, 5.74) is 3.80. The molecule has 0 saturated heterocycles. The largest absolute Gasteiger partial charge is 0.370 e. The van der Waals surface area contributed by atoms with E-state index in [-0.39, 0.29) is 5.82 Å². The van der Waals surface area contributed by atoms with Gasteiger partial charge in [0.2, 0.25) is 0 Å². The number of pyridine rings is 1. The third kappa shape index (κ3) is 2.59. The molecule has 0 atom stereocenters. The van der Waals surface area contributed by atoms with Gasteiger partial charge < -0.3 is 5.32 Å². The van der Waals surface area contributed by atoms with Crippen LogP contribution in [0.2, 0.25) is 0 Å². The topological polar surface area (TPSA) is 42.7 Å². The molecule has 0 aliphatic carbocycles. The van der Waals surface area contributed by atoms with Gasteiger partial charge in [-0.25, -0.2) is 9.07 Å². The van der Waals surface area contributed by atoms with Gasteiger partial charge in [0.25, 0.3) is 0 Å². The van der Waals surface area contributed by atoms with Crippen LogP contribution in [0.4, 0.5) is 10.2 Å². The molecule has 4 nitrogen and oxygen atoms in total. The van der Waals surface area contributed by atoms with Gasteiger partial charge in [-0.3, -0.25) is 4.98 Å². The van der Waals surface area contributed by atoms with E-state index in [1.807, 2.05) is 22.9 Å². The molecule has 1 N–H and O–H groups in total. The molecule has 116 valence electrons. The van der Waals surface area contributed by atoms with Crippen LogP contribution in [-0.2, 0) is 6.42 Å². The van der Waals surface area contributed by atoms with Crippen molar-refractivity contribution in [1.29, 1.82) is 0 Å². The minimum atomic E-state index is -0.245. The zero-order valence-corrected chi connectivity index (χ0v) is 12.7. The smallest absolute Gasteiger partial charge is 0.133 e. The Hall–Kier alpha value is -2.69. The Morgan fingerprint density at radius 3 is 2.70 bits per heavy atom. The number of hydrogen-bond donors (Lipinski definition) is 1. The number of aromatic nitrogens is 3. The average Bonchev–Trinajstić information content (AvgIpc) is 2.78. The Bertz CT molecular complexity index is 809. The quantitative estimate of drug-likeness (QED) is 0.782. The summed E-state index contributed by atoms with van der Waals surface area (Å²) in [6.07, 6.45) is 4.99. The van der Waals surface area contributed by atoms with Gasteiger partial charge in [0.15, 0.2) is 0 Å². The molecule has 0 fully saturated rings. The number of hydrogen-bond acceptors (Lipinski definition) is 3. The van der Waals surface area contributed by atoms with E-state index in [0.29, 0.717) is 0 Å². The molecule has 1 aliphatic rings. The second-order valence-electron chi connectivity index (χ2n) is 5.66. The lowest BCUT2D eigenvalue weighted by atomic mass is 10.1. The van der Waals surface area contributed by atoms with Crippen molar-refractivity contribution in [3.05, 3.63) is 60.0 Å². The van der Waals surface area contributed by atoms with Crippen molar-refractivity contribution in [3.8, 4) is 17.1 Å². The highest BCUT2D eigenvalue weighted by atomic mass is 19.1. The second-order valence-corrected chi connectivity index (χ2v) is 5.66. The average molecular weight is 308 g/mol. The van der Waals surface area contributed by atoms with Crippen molar-refractivity contribution < 1.29 is 4.39 Å². The van der Waals surface area contributed by atoms with E-state index in [9.17, 15) is 4.39 Å². The molecule has 5 heteroatoms. The van der Waals surface area contributed by atoms with Gasteiger partial charge in [-0.05, 0) is 55.7 Å². The highest BCUT2D eigenvalue weighted by Crippen LogP contribution is 2.32. The molecule has 23 heavy (non-hydrogen) atoms. The molecule has 0 radical (unpaired) electrons. The highest BCUT2D eigenvalue weighted by Gasteiger charge is 2.22. The van der Waals surface area contributed by atoms with Crippen molar-refractivity contribution in [2.45, 2.75) is 19.3 Å². The Morgan fingerprint density at radius 1 is 1.04 bits per heavy atom. The molecule has 0 bridgehead atoms. The van der Waals surface area contributed by atoms with Crippen LogP contribution in [0.5, 0.6) is 0 Å². The highest BCUT2D eigenvalue weighted by molar-refractivity contribution is 5.68. The molecule has 1 aliphatic heterocycles. The second kappa shape index (κ2) is 5.83. The van der Waals surface area contributed by atoms with E-state index >= 15 is 0 Å². The van der Waals surface area contributed by atoms with Crippen LogP contribution >= 0.6 is 0 Å². The van der Waals surface area contributed by atoms with Crippen molar-refractivity contribution in [3.63, 3.8) is 0 Å². The number of rotatable bonds is 2. The molecule has 0 spiro atoms. The normalized spacial score (nSPS) is 14.0. The maximum absolute atomic E-state index is 13.2. The molecule has 4 rings (SSSR count). The summed E-state index contributed by atoms with van der Waals surface area (Å²) >= 11 is 0. The summed E-state index contributed by atoms with van der Waals surface area (Å²) in [4.78, 5) is 4.45. The number of fused-ring (bicyclic) bond motifs is 1. The molecule has 0 amide bonds. The van der Waals surface area contributed by atoms with Crippen LogP contribution in [0.15, 0.2) is 48.7 Å². The van der Waals surface area contributed by atoms with Crippen molar-refractivity contribution in [1.82, 2.24) is 14.8 Å². The number of halogens is 1. The lowest BCUT2D eigenvalue weighted by Gasteiger charge is -2.09. The van der Waals surface area contributed by atoms with Gasteiger partial charge in [-0.1, -0.05) is 6.07 Å². The van der Waals surface area contributed by atoms with Crippen LogP contribution in [0, 0.1) is 5.82 Å². The standard InChI is InChI=1S/C18H17FN4/c19-13-7-9-14(10-8-13)23-18-15(5-1-3-12-21-18)17(22-23)16-6-2-4-11-20-16/h2,4,6-11,21H,1,3,5,12H2. The zero-order valence-electron chi connectivity index (χ0n) is 12.7. The lowest BCUT2D eigenvalue weighted by Crippen LogP contribution is -2.07. The molecule has 3 aromatic rings. The molecule has 1 aromatic carbocycles. The lowest BCUT2D eigenvalue weighted by molar-refractivity contribution is 0.627. The van der Waals surface area contributed by atoms with Gasteiger partial charge in [-0.2, -0.15) is 5.10 Å². The van der Waals surface area contributed by atoms with Crippen LogP contribution in [0.3, 0.4) is 0 Å². The van der Waals surface area contributed by atoms with Gasteiger partial charge in [0.1, 0.15) is 17.3 Å². The predicted octanol–water partition coefficient (Wildman–Crippen LogP) is 3.82. The first-order valence-corrected chi connectivity index (χ1v) is 7.86. The summed E-state index contributed by atoms with van der Waals surface area (Å²) in [5.74, 6) is 0.750. The summed E-state index contributed by atoms with van der Waals surface area (Å²) < 4.78 is 15.1. The van der Waals surface area contributed by atoms with E-state index < -0.39 is 0 Å². The van der Waals surface area contributed by atoms with Gasteiger partial charge in [0.05, 0.1) is 11.4 Å². The van der Waals surface area contributed by atoms with Crippen LogP contribution in [0.1, 0.15) is 18.4 Å². The predicted molar refractivity (Wildman–Crippen MR) is 88.2 cm³/mol. The molecular formula is C18H17FN4. The van der Waals surface area contributed by atoms with Crippen molar-refractivity contribution in [2.75, 3.05) is 11.9 Å². The summed E-state index contributed by atoms with van der Waals surface area (Å²) in [7, 11) is 0. The summed E-state index contributed by atoms with van der Waals surface area (Å²) in [6, 6.07) is 12.3. The van der Waals surface area contributed by atoms with Gasteiger partial charge in [-0.15, -0.1) is 0 Å². The minimum absolute atomic E-state index is 0.245. The third-order valence-electron chi connectivity index (χ3n) is 4.11. The monoisotopic (exact) mass is 308 g/mol. The third-order valence-corrected chi connectivity index (χ3v) is 4.11. The summed E-state index contributed by atoms with van der Waals surface area (Å²) in [5, 5.41) is 8.25. The Balaban J connectivity index is 1.89. The molecule has 3 heterocycles. The van der Waals surface area contributed by atoms with Gasteiger partial charge in [0, 0.05) is 18.3 Å². The minimum Gasteiger partial charge on any atom is -0.370 e. The van der Waals surface area contributed by atoms with E-state index in [2.05, 4.69) is 10.3 Å². The van der Waals surface area contributed by atoms with Crippen LogP contribution in [0.25, 0.3) is 17.1 Å². The van der Waals surface area contributed by atoms with E-state index in [4.69, 9.17) is 5.10 Å². The summed E-state index contributed by atoms with van der Waals surface area (Å²) in [6.45, 7) is 0.918. The maximum atomic E-state index is 13.2. The van der Waals surface area contributed by atoms with E-state index in [1.54, 1.807) is 18.3 Å². The van der Waals surface area contributed by atoms with Crippen molar-refractivity contribution >= 4 is 5.82 Å². The van der Waals surface area contributed by atoms with Crippen molar-refractivity contribution in [2.24, 2.45) is 0 Å². The van der Waals surface area contributed by atoms with Gasteiger partial charge >= 0.3 is 0 Å². The van der Waals surface area contributed by atoms with Crippen LogP contribution < -0.4 is 5.32 Å². The number of nitrogens with one attached hydrogen (secondary N) is 1. The fourth-order valence-electron chi connectivity index (χ4n) is 2.98. The van der Waals surface area contributed by atoms with Crippen LogP contribution in [-0.4, -0.2) is 21.3 Å². The fraction of sp³-hybridized carbons (Fsp3) is 0.222. The first kappa shape index (κ1) is 13.9. The first-order valence-electron chi connectivity index (χ1n) is 7.86. The number of anilines is 1. The van der Waals surface area contributed by atoms with E-state index in [0.717, 1.165) is 48.7 Å². The molecular weight excluding hydrogens is 291 g/mol.